The second kappa shape index (κ2) is 3.98. The molecule has 1 aliphatic heterocycles. The fraction of sp³-hybridized carbons (Fsp3) is 0.571. The molecule has 0 aromatic heterocycles. The van der Waals surface area contributed by atoms with Crippen LogP contribution in [0, 0.1) is 0 Å². The first-order valence-electron chi connectivity index (χ1n) is 3.57. The SMILES string of the molecule is COC(=O)NC1=CCCNC1. The smallest absolute Gasteiger partial charge is 0.411 e. The zero-order valence-electron chi connectivity index (χ0n) is 6.52. The Morgan fingerprint density at radius 3 is 3.18 bits per heavy atom. The van der Waals surface area contributed by atoms with Gasteiger partial charge >= 0.3 is 6.09 Å². The van der Waals surface area contributed by atoms with Crippen molar-refractivity contribution in [3.8, 4) is 0 Å². The van der Waals surface area contributed by atoms with Gasteiger partial charge < -0.3 is 10.1 Å². The zero-order chi connectivity index (χ0) is 8.10. The molecule has 0 aromatic rings. The molecule has 1 amide bonds. The highest BCUT2D eigenvalue weighted by atomic mass is 16.5. The van der Waals surface area contributed by atoms with Gasteiger partial charge in [-0.15, -0.1) is 0 Å². The topological polar surface area (TPSA) is 50.4 Å². The average Bonchev–Trinajstić information content (AvgIpc) is 2.06. The number of ether oxygens (including phenoxy) is 1. The lowest BCUT2D eigenvalue weighted by Crippen LogP contribution is -2.32. The molecule has 0 saturated heterocycles. The van der Waals surface area contributed by atoms with Crippen molar-refractivity contribution in [2.45, 2.75) is 6.42 Å². The fourth-order valence-electron chi connectivity index (χ4n) is 0.921. The lowest BCUT2D eigenvalue weighted by molar-refractivity contribution is 0.173. The summed E-state index contributed by atoms with van der Waals surface area (Å²) in [4.78, 5) is 10.7. The summed E-state index contributed by atoms with van der Waals surface area (Å²) in [5.74, 6) is 0. The molecule has 0 fully saturated rings. The van der Waals surface area contributed by atoms with Gasteiger partial charge in [0.15, 0.2) is 0 Å². The van der Waals surface area contributed by atoms with Crippen molar-refractivity contribution in [1.29, 1.82) is 0 Å². The molecule has 0 saturated carbocycles. The van der Waals surface area contributed by atoms with Gasteiger partial charge in [0.05, 0.1) is 7.11 Å². The largest absolute Gasteiger partial charge is 0.453 e. The van der Waals surface area contributed by atoms with Crippen LogP contribution in [0.3, 0.4) is 0 Å². The number of hydrogen-bond donors (Lipinski definition) is 2. The molecular formula is C7H12N2O2. The minimum Gasteiger partial charge on any atom is -0.453 e. The molecule has 0 atom stereocenters. The van der Waals surface area contributed by atoms with Gasteiger partial charge in [0.1, 0.15) is 0 Å². The van der Waals surface area contributed by atoms with Crippen LogP contribution < -0.4 is 10.6 Å². The van der Waals surface area contributed by atoms with Crippen molar-refractivity contribution in [2.24, 2.45) is 0 Å². The number of nitrogens with one attached hydrogen (secondary N) is 2. The van der Waals surface area contributed by atoms with Crippen molar-refractivity contribution in [1.82, 2.24) is 10.6 Å². The molecule has 0 radical (unpaired) electrons. The summed E-state index contributed by atoms with van der Waals surface area (Å²) in [7, 11) is 1.35. The van der Waals surface area contributed by atoms with Gasteiger partial charge in [0, 0.05) is 12.2 Å². The van der Waals surface area contributed by atoms with E-state index in [-0.39, 0.29) is 0 Å². The highest BCUT2D eigenvalue weighted by molar-refractivity contribution is 5.69. The van der Waals surface area contributed by atoms with Crippen molar-refractivity contribution >= 4 is 6.09 Å². The number of carbonyl (C=O) groups excluding carboxylic acids is 1. The zero-order valence-corrected chi connectivity index (χ0v) is 6.52. The molecule has 0 aromatic carbocycles. The number of methoxy groups -OCH3 is 1. The minimum absolute atomic E-state index is 0.403. The van der Waals surface area contributed by atoms with Crippen LogP contribution in [0.2, 0.25) is 0 Å². The first kappa shape index (κ1) is 8.07. The van der Waals surface area contributed by atoms with Gasteiger partial charge in [-0.1, -0.05) is 6.08 Å². The summed E-state index contributed by atoms with van der Waals surface area (Å²) in [6.07, 6.45) is 2.55. The molecule has 2 N–H and O–H groups in total. The van der Waals surface area contributed by atoms with E-state index < -0.39 is 6.09 Å². The molecule has 0 unspecified atom stereocenters. The molecule has 1 heterocycles. The van der Waals surface area contributed by atoms with E-state index in [0.29, 0.717) is 0 Å². The molecule has 62 valence electrons. The summed E-state index contributed by atoms with van der Waals surface area (Å²) in [6.45, 7) is 1.70. The Morgan fingerprint density at radius 2 is 2.64 bits per heavy atom. The highest BCUT2D eigenvalue weighted by Crippen LogP contribution is 1.96. The van der Waals surface area contributed by atoms with Gasteiger partial charge in [-0.3, -0.25) is 5.32 Å². The van der Waals surface area contributed by atoms with E-state index in [1.54, 1.807) is 0 Å². The van der Waals surface area contributed by atoms with Crippen LogP contribution in [0.5, 0.6) is 0 Å². The van der Waals surface area contributed by atoms with Crippen molar-refractivity contribution in [2.75, 3.05) is 20.2 Å². The highest BCUT2D eigenvalue weighted by Gasteiger charge is 2.05. The van der Waals surface area contributed by atoms with Crippen LogP contribution in [0.25, 0.3) is 0 Å². The maximum Gasteiger partial charge on any atom is 0.411 e. The maximum absolute atomic E-state index is 10.7. The summed E-state index contributed by atoms with van der Waals surface area (Å²) in [5, 5.41) is 5.73. The first-order chi connectivity index (χ1) is 5.33. The lowest BCUT2D eigenvalue weighted by atomic mass is 10.2. The number of hydrogen-bond acceptors (Lipinski definition) is 3. The number of rotatable bonds is 1. The molecule has 0 bridgehead atoms. The number of alkyl carbamates (subject to hydrolysis) is 1. The third-order valence-corrected chi connectivity index (χ3v) is 1.48. The molecule has 0 aliphatic carbocycles. The Kier molecular flexibility index (Phi) is 2.92. The van der Waals surface area contributed by atoms with Gasteiger partial charge in [-0.05, 0) is 13.0 Å². The number of amides is 1. The van der Waals surface area contributed by atoms with Crippen LogP contribution in [0.1, 0.15) is 6.42 Å². The van der Waals surface area contributed by atoms with Crippen LogP contribution in [0.15, 0.2) is 11.8 Å². The average molecular weight is 156 g/mol. The van der Waals surface area contributed by atoms with Crippen LogP contribution >= 0.6 is 0 Å². The third-order valence-electron chi connectivity index (χ3n) is 1.48. The predicted octanol–water partition coefficient (Wildman–Crippen LogP) is 0.220. The molecular weight excluding hydrogens is 144 g/mol. The van der Waals surface area contributed by atoms with Crippen molar-refractivity contribution in [3.63, 3.8) is 0 Å². The monoisotopic (exact) mass is 156 g/mol. The molecule has 1 rings (SSSR count). The molecule has 11 heavy (non-hydrogen) atoms. The Balaban J connectivity index is 2.35. The molecule has 4 nitrogen and oxygen atoms in total. The van der Waals surface area contributed by atoms with Crippen LogP contribution in [-0.2, 0) is 4.74 Å². The van der Waals surface area contributed by atoms with E-state index in [1.165, 1.54) is 7.11 Å². The van der Waals surface area contributed by atoms with Gasteiger partial charge in [0.25, 0.3) is 0 Å². The third kappa shape index (κ3) is 2.59. The van der Waals surface area contributed by atoms with Crippen LogP contribution in [-0.4, -0.2) is 26.3 Å². The Bertz CT molecular complexity index is 177. The van der Waals surface area contributed by atoms with E-state index in [1.807, 2.05) is 6.08 Å². The number of carbonyl (C=O) groups is 1. The fourth-order valence-corrected chi connectivity index (χ4v) is 0.921. The van der Waals surface area contributed by atoms with E-state index >= 15 is 0 Å². The predicted molar refractivity (Wildman–Crippen MR) is 41.1 cm³/mol. The van der Waals surface area contributed by atoms with E-state index in [4.69, 9.17) is 0 Å². The van der Waals surface area contributed by atoms with Crippen LogP contribution in [0.4, 0.5) is 4.79 Å². The Morgan fingerprint density at radius 1 is 1.82 bits per heavy atom. The quantitative estimate of drug-likeness (QED) is 0.571. The normalized spacial score (nSPS) is 17.0. The summed E-state index contributed by atoms with van der Waals surface area (Å²) < 4.78 is 4.43. The Labute approximate surface area is 65.6 Å². The Hall–Kier alpha value is -1.03. The molecule has 1 aliphatic rings. The summed E-state index contributed by atoms with van der Waals surface area (Å²) >= 11 is 0. The standard InChI is InChI=1S/C7H12N2O2/c1-11-7(10)9-6-3-2-4-8-5-6/h3,8H,2,4-5H2,1H3,(H,9,10). The maximum atomic E-state index is 10.7. The lowest BCUT2D eigenvalue weighted by Gasteiger charge is -2.13. The first-order valence-corrected chi connectivity index (χ1v) is 3.57. The van der Waals surface area contributed by atoms with Gasteiger partial charge in [-0.2, -0.15) is 0 Å². The van der Waals surface area contributed by atoms with Gasteiger partial charge in [0.2, 0.25) is 0 Å². The minimum atomic E-state index is -0.403. The van der Waals surface area contributed by atoms with Gasteiger partial charge in [-0.25, -0.2) is 4.79 Å². The molecule has 4 heteroatoms. The van der Waals surface area contributed by atoms with E-state index in [2.05, 4.69) is 15.4 Å². The second-order valence-corrected chi connectivity index (χ2v) is 2.31. The second-order valence-electron chi connectivity index (χ2n) is 2.31. The van der Waals surface area contributed by atoms with Crippen molar-refractivity contribution < 1.29 is 9.53 Å². The van der Waals surface area contributed by atoms with E-state index in [0.717, 1.165) is 25.2 Å². The molecule has 0 spiro atoms. The van der Waals surface area contributed by atoms with E-state index in [9.17, 15) is 4.79 Å². The van der Waals surface area contributed by atoms with Crippen molar-refractivity contribution in [3.05, 3.63) is 11.8 Å². The summed E-state index contributed by atoms with van der Waals surface area (Å²) in [5.41, 5.74) is 0.892. The summed E-state index contributed by atoms with van der Waals surface area (Å²) in [6, 6.07) is 0.